The van der Waals surface area contributed by atoms with E-state index in [0.29, 0.717) is 0 Å². The normalized spacial score (nSPS) is 15.6. The number of rotatable bonds is 3. The zero-order valence-electron chi connectivity index (χ0n) is 10.2. The lowest BCUT2D eigenvalue weighted by Crippen LogP contribution is -2.49. The number of nitrogens with two attached hydrogens (primary N) is 1. The van der Waals surface area contributed by atoms with Gasteiger partial charge in [0.25, 0.3) is 0 Å². The summed E-state index contributed by atoms with van der Waals surface area (Å²) in [6, 6.07) is -0.596. The fraction of sp³-hybridized carbons (Fsp3) is 0.636. The summed E-state index contributed by atoms with van der Waals surface area (Å²) >= 11 is 0. The minimum atomic E-state index is -0.512. The molecule has 0 aromatic carbocycles. The molecule has 0 aliphatic carbocycles. The first-order valence-corrected chi connectivity index (χ1v) is 5.37. The van der Waals surface area contributed by atoms with Gasteiger partial charge in [0.1, 0.15) is 0 Å². The van der Waals surface area contributed by atoms with E-state index in [1.807, 2.05) is 27.7 Å². The Kier molecular flexibility index (Phi) is 3.70. The van der Waals surface area contributed by atoms with Gasteiger partial charge in [0.2, 0.25) is 5.91 Å². The second-order valence-corrected chi connectivity index (χ2v) is 5.11. The molecular formula is C11H20N4O. The van der Waals surface area contributed by atoms with Crippen LogP contribution in [0.2, 0.25) is 0 Å². The molecule has 0 fully saturated rings. The van der Waals surface area contributed by atoms with E-state index in [1.54, 1.807) is 12.4 Å². The maximum absolute atomic E-state index is 11.8. The van der Waals surface area contributed by atoms with Crippen LogP contribution >= 0.6 is 0 Å². The van der Waals surface area contributed by atoms with Gasteiger partial charge in [-0.15, -0.1) is 0 Å². The third-order valence-electron chi connectivity index (χ3n) is 2.59. The van der Waals surface area contributed by atoms with Gasteiger partial charge in [-0.05, 0) is 12.3 Å². The highest BCUT2D eigenvalue weighted by molar-refractivity contribution is 5.82. The van der Waals surface area contributed by atoms with Gasteiger partial charge in [0.05, 0.1) is 18.3 Å². The largest absolute Gasteiger partial charge is 0.348 e. The van der Waals surface area contributed by atoms with Crippen molar-refractivity contribution in [3.8, 4) is 0 Å². The minimum Gasteiger partial charge on any atom is -0.348 e. The summed E-state index contributed by atoms with van der Waals surface area (Å²) in [4.78, 5) is 11.8. The van der Waals surface area contributed by atoms with Crippen LogP contribution in [0.15, 0.2) is 12.4 Å². The van der Waals surface area contributed by atoms with Crippen molar-refractivity contribution in [1.82, 2.24) is 15.5 Å². The fourth-order valence-corrected chi connectivity index (χ4v) is 1.28. The standard InChI is InChI=1S/C11H20N4O/c1-7(8-5-13-14-6-8)15-10(16)9(12)11(2,3)4/h5-7,9H,12H2,1-4H3,(H,13,14)(H,15,16)/t7?,9-/m1/s1. The van der Waals surface area contributed by atoms with Crippen LogP contribution in [0.25, 0.3) is 0 Å². The van der Waals surface area contributed by atoms with Crippen LogP contribution < -0.4 is 11.1 Å². The van der Waals surface area contributed by atoms with Crippen LogP contribution in [0.4, 0.5) is 0 Å². The second kappa shape index (κ2) is 4.65. The van der Waals surface area contributed by atoms with E-state index < -0.39 is 6.04 Å². The summed E-state index contributed by atoms with van der Waals surface area (Å²) in [6.07, 6.45) is 3.45. The first-order chi connectivity index (χ1) is 7.32. The van der Waals surface area contributed by atoms with Gasteiger partial charge in [0, 0.05) is 11.8 Å². The van der Waals surface area contributed by atoms with Crippen LogP contribution in [0, 0.1) is 5.41 Å². The molecule has 0 radical (unpaired) electrons. The Morgan fingerprint density at radius 3 is 2.62 bits per heavy atom. The van der Waals surface area contributed by atoms with Gasteiger partial charge in [-0.2, -0.15) is 5.10 Å². The third-order valence-corrected chi connectivity index (χ3v) is 2.59. The lowest BCUT2D eigenvalue weighted by atomic mass is 9.87. The molecular weight excluding hydrogens is 204 g/mol. The van der Waals surface area contributed by atoms with E-state index in [0.717, 1.165) is 5.56 Å². The predicted octanol–water partition coefficient (Wildman–Crippen LogP) is 0.960. The van der Waals surface area contributed by atoms with Crippen molar-refractivity contribution >= 4 is 5.91 Å². The lowest BCUT2D eigenvalue weighted by Gasteiger charge is -2.27. The van der Waals surface area contributed by atoms with Gasteiger partial charge >= 0.3 is 0 Å². The molecule has 4 N–H and O–H groups in total. The molecule has 0 spiro atoms. The summed E-state index contributed by atoms with van der Waals surface area (Å²) in [6.45, 7) is 7.73. The van der Waals surface area contributed by atoms with Crippen LogP contribution in [0.1, 0.15) is 39.3 Å². The first kappa shape index (κ1) is 12.7. The van der Waals surface area contributed by atoms with Crippen molar-refractivity contribution in [1.29, 1.82) is 0 Å². The third kappa shape index (κ3) is 3.06. The summed E-state index contributed by atoms with van der Waals surface area (Å²) in [5.41, 5.74) is 6.56. The molecule has 1 aromatic rings. The quantitative estimate of drug-likeness (QED) is 0.715. The Balaban J connectivity index is 2.59. The molecule has 16 heavy (non-hydrogen) atoms. The molecule has 2 atom stereocenters. The van der Waals surface area contributed by atoms with Crippen LogP contribution in [0.3, 0.4) is 0 Å². The van der Waals surface area contributed by atoms with Crippen molar-refractivity contribution in [2.24, 2.45) is 11.1 Å². The van der Waals surface area contributed by atoms with Gasteiger partial charge in [-0.1, -0.05) is 20.8 Å². The van der Waals surface area contributed by atoms with Crippen molar-refractivity contribution in [2.75, 3.05) is 0 Å². The van der Waals surface area contributed by atoms with E-state index >= 15 is 0 Å². The number of carbonyl (C=O) groups excluding carboxylic acids is 1. The molecule has 0 saturated carbocycles. The summed E-state index contributed by atoms with van der Waals surface area (Å²) in [5, 5.41) is 9.41. The molecule has 1 rings (SSSR count). The number of aromatic nitrogens is 2. The van der Waals surface area contributed by atoms with Crippen LogP contribution in [0.5, 0.6) is 0 Å². The fourth-order valence-electron chi connectivity index (χ4n) is 1.28. The summed E-state index contributed by atoms with van der Waals surface area (Å²) in [7, 11) is 0. The Bertz CT molecular complexity index is 339. The smallest absolute Gasteiger partial charge is 0.237 e. The Morgan fingerprint density at radius 2 is 2.19 bits per heavy atom. The highest BCUT2D eigenvalue weighted by Crippen LogP contribution is 2.18. The van der Waals surface area contributed by atoms with E-state index in [9.17, 15) is 4.79 Å². The van der Waals surface area contributed by atoms with E-state index in [4.69, 9.17) is 5.73 Å². The molecule has 1 amide bonds. The highest BCUT2D eigenvalue weighted by atomic mass is 16.2. The van der Waals surface area contributed by atoms with Crippen molar-refractivity contribution in [3.63, 3.8) is 0 Å². The average Bonchev–Trinajstić information content (AvgIpc) is 2.67. The van der Waals surface area contributed by atoms with Crippen LogP contribution in [-0.4, -0.2) is 22.1 Å². The number of H-pyrrole nitrogens is 1. The van der Waals surface area contributed by atoms with Gasteiger partial charge in [-0.3, -0.25) is 9.89 Å². The maximum atomic E-state index is 11.8. The van der Waals surface area contributed by atoms with E-state index in [1.165, 1.54) is 0 Å². The summed E-state index contributed by atoms with van der Waals surface area (Å²) < 4.78 is 0. The van der Waals surface area contributed by atoms with Crippen molar-refractivity contribution < 1.29 is 4.79 Å². The average molecular weight is 224 g/mol. The molecule has 0 saturated heterocycles. The van der Waals surface area contributed by atoms with Crippen LogP contribution in [-0.2, 0) is 4.79 Å². The van der Waals surface area contributed by atoms with Gasteiger partial charge < -0.3 is 11.1 Å². The molecule has 0 aliphatic rings. The first-order valence-electron chi connectivity index (χ1n) is 5.37. The molecule has 1 heterocycles. The van der Waals surface area contributed by atoms with Crippen molar-refractivity contribution in [3.05, 3.63) is 18.0 Å². The number of nitrogens with zero attached hydrogens (tertiary/aromatic N) is 1. The highest BCUT2D eigenvalue weighted by Gasteiger charge is 2.28. The number of amides is 1. The van der Waals surface area contributed by atoms with Gasteiger partial charge in [-0.25, -0.2) is 0 Å². The Labute approximate surface area is 95.8 Å². The monoisotopic (exact) mass is 224 g/mol. The molecule has 0 bridgehead atoms. The minimum absolute atomic E-state index is 0.0837. The molecule has 1 unspecified atom stereocenters. The topological polar surface area (TPSA) is 83.8 Å². The number of aromatic amines is 1. The zero-order valence-corrected chi connectivity index (χ0v) is 10.2. The van der Waals surface area contributed by atoms with E-state index in [-0.39, 0.29) is 17.4 Å². The number of hydrogen-bond donors (Lipinski definition) is 3. The molecule has 1 aromatic heterocycles. The zero-order chi connectivity index (χ0) is 12.3. The predicted molar refractivity (Wildman–Crippen MR) is 62.6 cm³/mol. The lowest BCUT2D eigenvalue weighted by molar-refractivity contribution is -0.125. The SMILES string of the molecule is CC(NC(=O)[C@@H](N)C(C)(C)C)c1cn[nH]c1. The number of nitrogens with one attached hydrogen (secondary N) is 2. The molecule has 5 nitrogen and oxygen atoms in total. The molecule has 90 valence electrons. The Morgan fingerprint density at radius 1 is 1.56 bits per heavy atom. The number of carbonyl (C=O) groups is 1. The van der Waals surface area contributed by atoms with Crippen molar-refractivity contribution in [2.45, 2.75) is 39.8 Å². The van der Waals surface area contributed by atoms with E-state index in [2.05, 4.69) is 15.5 Å². The molecule has 0 aliphatic heterocycles. The second-order valence-electron chi connectivity index (χ2n) is 5.11. The maximum Gasteiger partial charge on any atom is 0.237 e. The number of hydrogen-bond acceptors (Lipinski definition) is 3. The van der Waals surface area contributed by atoms with Gasteiger partial charge in [0.15, 0.2) is 0 Å². The Hall–Kier alpha value is -1.36. The summed E-state index contributed by atoms with van der Waals surface area (Å²) in [5.74, 6) is -0.138. The molecule has 5 heteroatoms.